The predicted octanol–water partition coefficient (Wildman–Crippen LogP) is 2.95. The van der Waals surface area contributed by atoms with Gasteiger partial charge in [0, 0.05) is 24.8 Å². The SMILES string of the molecule is Cc1cc(C)cc(NC(=O)c2cc(N3CCCC3)ncn2)c1. The molecule has 1 aliphatic heterocycles. The summed E-state index contributed by atoms with van der Waals surface area (Å²) in [6, 6.07) is 7.75. The van der Waals surface area contributed by atoms with Crippen molar-refractivity contribution in [2.24, 2.45) is 0 Å². The Bertz CT molecular complexity index is 673. The van der Waals surface area contributed by atoms with Crippen molar-refractivity contribution < 1.29 is 4.79 Å². The van der Waals surface area contributed by atoms with E-state index in [0.717, 1.165) is 35.7 Å². The van der Waals surface area contributed by atoms with Gasteiger partial charge >= 0.3 is 0 Å². The minimum atomic E-state index is -0.201. The molecule has 1 aliphatic rings. The molecule has 22 heavy (non-hydrogen) atoms. The minimum absolute atomic E-state index is 0.201. The lowest BCUT2D eigenvalue weighted by molar-refractivity contribution is 0.102. The number of benzene rings is 1. The first-order chi connectivity index (χ1) is 10.6. The number of aromatic nitrogens is 2. The fraction of sp³-hybridized carbons (Fsp3) is 0.353. The second kappa shape index (κ2) is 6.13. The Kier molecular flexibility index (Phi) is 4.04. The molecule has 2 heterocycles. The Hall–Kier alpha value is -2.43. The Morgan fingerprint density at radius 3 is 2.41 bits per heavy atom. The third-order valence-corrected chi connectivity index (χ3v) is 3.79. The van der Waals surface area contributed by atoms with Crippen LogP contribution in [0.15, 0.2) is 30.6 Å². The van der Waals surface area contributed by atoms with E-state index in [-0.39, 0.29) is 5.91 Å². The van der Waals surface area contributed by atoms with Crippen LogP contribution < -0.4 is 10.2 Å². The van der Waals surface area contributed by atoms with E-state index in [1.165, 1.54) is 19.2 Å². The number of carbonyl (C=O) groups excluding carboxylic acids is 1. The molecule has 1 N–H and O–H groups in total. The van der Waals surface area contributed by atoms with E-state index >= 15 is 0 Å². The normalized spacial score (nSPS) is 14.2. The number of hydrogen-bond acceptors (Lipinski definition) is 4. The van der Waals surface area contributed by atoms with Crippen molar-refractivity contribution in [2.45, 2.75) is 26.7 Å². The third kappa shape index (κ3) is 3.24. The van der Waals surface area contributed by atoms with Gasteiger partial charge in [0.15, 0.2) is 0 Å². The first-order valence-corrected chi connectivity index (χ1v) is 7.58. The van der Waals surface area contributed by atoms with E-state index in [2.05, 4.69) is 26.3 Å². The third-order valence-electron chi connectivity index (χ3n) is 3.79. The minimum Gasteiger partial charge on any atom is -0.357 e. The van der Waals surface area contributed by atoms with E-state index in [9.17, 15) is 4.79 Å². The van der Waals surface area contributed by atoms with E-state index in [4.69, 9.17) is 0 Å². The Balaban J connectivity index is 1.78. The lowest BCUT2D eigenvalue weighted by Gasteiger charge is -2.16. The van der Waals surface area contributed by atoms with Crippen molar-refractivity contribution in [3.05, 3.63) is 47.4 Å². The lowest BCUT2D eigenvalue weighted by Crippen LogP contribution is -2.21. The number of rotatable bonds is 3. The first-order valence-electron chi connectivity index (χ1n) is 7.58. The number of hydrogen-bond donors (Lipinski definition) is 1. The summed E-state index contributed by atoms with van der Waals surface area (Å²) in [6.45, 7) is 6.02. The zero-order valence-electron chi connectivity index (χ0n) is 13.0. The van der Waals surface area contributed by atoms with Crippen LogP contribution in [0.1, 0.15) is 34.5 Å². The number of anilines is 2. The molecule has 0 bridgehead atoms. The highest BCUT2D eigenvalue weighted by molar-refractivity contribution is 6.03. The zero-order valence-corrected chi connectivity index (χ0v) is 13.0. The van der Waals surface area contributed by atoms with Crippen molar-refractivity contribution in [1.82, 2.24) is 9.97 Å². The molecule has 0 aliphatic carbocycles. The van der Waals surface area contributed by atoms with Crippen LogP contribution in [-0.2, 0) is 0 Å². The molecule has 1 saturated heterocycles. The summed E-state index contributed by atoms with van der Waals surface area (Å²) < 4.78 is 0. The number of aryl methyl sites for hydroxylation is 2. The maximum absolute atomic E-state index is 12.4. The summed E-state index contributed by atoms with van der Waals surface area (Å²) in [4.78, 5) is 22.9. The molecule has 0 spiro atoms. The van der Waals surface area contributed by atoms with E-state index in [1.54, 1.807) is 6.07 Å². The molecular weight excluding hydrogens is 276 g/mol. The summed E-state index contributed by atoms with van der Waals surface area (Å²) in [5.74, 6) is 0.630. The van der Waals surface area contributed by atoms with Crippen LogP contribution in [0.3, 0.4) is 0 Å². The molecule has 0 saturated carbocycles. The fourth-order valence-corrected chi connectivity index (χ4v) is 2.83. The van der Waals surface area contributed by atoms with Gasteiger partial charge in [-0.15, -0.1) is 0 Å². The van der Waals surface area contributed by atoms with E-state index < -0.39 is 0 Å². The van der Waals surface area contributed by atoms with Gasteiger partial charge in [0.1, 0.15) is 17.8 Å². The van der Waals surface area contributed by atoms with Gasteiger partial charge in [0.05, 0.1) is 0 Å². The van der Waals surface area contributed by atoms with Crippen LogP contribution >= 0.6 is 0 Å². The summed E-state index contributed by atoms with van der Waals surface area (Å²) in [7, 11) is 0. The standard InChI is InChI=1S/C17H20N4O/c1-12-7-13(2)9-14(8-12)20-17(22)15-10-16(19-11-18-15)21-5-3-4-6-21/h7-11H,3-6H2,1-2H3,(H,20,22). The molecule has 0 atom stereocenters. The van der Waals surface area contributed by atoms with E-state index in [1.807, 2.05) is 26.0 Å². The monoisotopic (exact) mass is 296 g/mol. The zero-order chi connectivity index (χ0) is 15.5. The highest BCUT2D eigenvalue weighted by atomic mass is 16.1. The van der Waals surface area contributed by atoms with Crippen molar-refractivity contribution in [1.29, 1.82) is 0 Å². The van der Waals surface area contributed by atoms with Crippen LogP contribution in [0.2, 0.25) is 0 Å². The number of nitrogens with zero attached hydrogens (tertiary/aromatic N) is 3. The summed E-state index contributed by atoms with van der Waals surface area (Å²) >= 11 is 0. The highest BCUT2D eigenvalue weighted by Crippen LogP contribution is 2.19. The molecule has 2 aromatic rings. The molecule has 1 aromatic carbocycles. The molecule has 5 nitrogen and oxygen atoms in total. The van der Waals surface area contributed by atoms with Gasteiger partial charge in [-0.25, -0.2) is 9.97 Å². The number of nitrogens with one attached hydrogen (secondary N) is 1. The second-order valence-electron chi connectivity index (χ2n) is 5.79. The Morgan fingerprint density at radius 1 is 1.05 bits per heavy atom. The quantitative estimate of drug-likeness (QED) is 0.946. The Labute approximate surface area is 130 Å². The first kappa shape index (κ1) is 14.5. The van der Waals surface area contributed by atoms with Gasteiger partial charge in [-0.1, -0.05) is 6.07 Å². The van der Waals surface area contributed by atoms with Crippen molar-refractivity contribution >= 4 is 17.4 Å². The predicted molar refractivity (Wildman–Crippen MR) is 87.3 cm³/mol. The van der Waals surface area contributed by atoms with Gasteiger partial charge in [-0.05, 0) is 49.9 Å². The van der Waals surface area contributed by atoms with Crippen LogP contribution in [0.5, 0.6) is 0 Å². The van der Waals surface area contributed by atoms with Gasteiger partial charge in [-0.2, -0.15) is 0 Å². The average molecular weight is 296 g/mol. The van der Waals surface area contributed by atoms with Gasteiger partial charge in [-0.3, -0.25) is 4.79 Å². The molecule has 114 valence electrons. The second-order valence-corrected chi connectivity index (χ2v) is 5.79. The number of amides is 1. The molecule has 0 unspecified atom stereocenters. The highest BCUT2D eigenvalue weighted by Gasteiger charge is 2.16. The van der Waals surface area contributed by atoms with Gasteiger partial charge < -0.3 is 10.2 Å². The van der Waals surface area contributed by atoms with Crippen molar-refractivity contribution in [3.63, 3.8) is 0 Å². The van der Waals surface area contributed by atoms with Crippen LogP contribution in [-0.4, -0.2) is 29.0 Å². The summed E-state index contributed by atoms with van der Waals surface area (Å²) in [5, 5.41) is 2.91. The van der Waals surface area contributed by atoms with Crippen LogP contribution in [0.4, 0.5) is 11.5 Å². The van der Waals surface area contributed by atoms with Crippen LogP contribution in [0.25, 0.3) is 0 Å². The van der Waals surface area contributed by atoms with Gasteiger partial charge in [0.25, 0.3) is 5.91 Å². The molecule has 1 fully saturated rings. The molecule has 1 amide bonds. The van der Waals surface area contributed by atoms with Crippen molar-refractivity contribution in [3.8, 4) is 0 Å². The number of carbonyl (C=O) groups is 1. The maximum Gasteiger partial charge on any atom is 0.274 e. The molecule has 3 rings (SSSR count). The fourth-order valence-electron chi connectivity index (χ4n) is 2.83. The van der Waals surface area contributed by atoms with Gasteiger partial charge in [0.2, 0.25) is 0 Å². The molecule has 1 aromatic heterocycles. The van der Waals surface area contributed by atoms with E-state index in [0.29, 0.717) is 5.69 Å². The topological polar surface area (TPSA) is 58.1 Å². The lowest BCUT2D eigenvalue weighted by atomic mass is 10.1. The summed E-state index contributed by atoms with van der Waals surface area (Å²) in [5.41, 5.74) is 3.44. The van der Waals surface area contributed by atoms with Crippen molar-refractivity contribution in [2.75, 3.05) is 23.3 Å². The van der Waals surface area contributed by atoms with Crippen LogP contribution in [0, 0.1) is 13.8 Å². The average Bonchev–Trinajstić information content (AvgIpc) is 3.00. The smallest absolute Gasteiger partial charge is 0.274 e. The Morgan fingerprint density at radius 2 is 1.73 bits per heavy atom. The molecule has 0 radical (unpaired) electrons. The summed E-state index contributed by atoms with van der Waals surface area (Å²) in [6.07, 6.45) is 3.81. The largest absolute Gasteiger partial charge is 0.357 e. The molecule has 5 heteroatoms. The molecular formula is C17H20N4O. The maximum atomic E-state index is 12.4.